The van der Waals surface area contributed by atoms with Crippen LogP contribution < -0.4 is 4.72 Å². The third-order valence-electron chi connectivity index (χ3n) is 1.76. The van der Waals surface area contributed by atoms with E-state index < -0.39 is 31.4 Å². The molecule has 17 heavy (non-hydrogen) atoms. The van der Waals surface area contributed by atoms with E-state index >= 15 is 0 Å². The normalized spacial score (nSPS) is 15.9. The maximum absolute atomic E-state index is 11.9. The molecule has 1 N–H and O–H groups in total. The molecule has 0 aliphatic rings. The zero-order valence-electron chi connectivity index (χ0n) is 11.4. The predicted molar refractivity (Wildman–Crippen MR) is 70.5 cm³/mol. The SMILES string of the molecule is CCOS(=O)(=O)CC(C)(C)NS(=O)C(C)(C)C. The van der Waals surface area contributed by atoms with Gasteiger partial charge in [0.05, 0.1) is 28.1 Å². The van der Waals surface area contributed by atoms with Crippen LogP contribution in [0, 0.1) is 0 Å². The van der Waals surface area contributed by atoms with E-state index in [1.165, 1.54) is 0 Å². The van der Waals surface area contributed by atoms with Gasteiger partial charge in [0, 0.05) is 5.54 Å². The lowest BCUT2D eigenvalue weighted by Crippen LogP contribution is -2.50. The third-order valence-corrected chi connectivity index (χ3v) is 5.28. The highest BCUT2D eigenvalue weighted by Gasteiger charge is 2.31. The summed E-state index contributed by atoms with van der Waals surface area (Å²) in [5.41, 5.74) is -0.799. The molecule has 1 atom stereocenters. The Morgan fingerprint density at radius 1 is 1.18 bits per heavy atom. The second-order valence-electron chi connectivity index (χ2n) is 5.48. The first-order chi connectivity index (χ1) is 7.40. The van der Waals surface area contributed by atoms with Crippen LogP contribution in [0.1, 0.15) is 41.5 Å². The molecular formula is C10H23NO4S2. The molecule has 0 aromatic rings. The zero-order chi connectivity index (χ0) is 13.9. The quantitative estimate of drug-likeness (QED) is 0.744. The van der Waals surface area contributed by atoms with Crippen molar-refractivity contribution >= 4 is 21.1 Å². The molecule has 0 aromatic carbocycles. The fraction of sp³-hybridized carbons (Fsp3) is 1.00. The summed E-state index contributed by atoms with van der Waals surface area (Å²) in [5, 5.41) is 0. The third kappa shape index (κ3) is 7.13. The van der Waals surface area contributed by atoms with Crippen LogP contribution in [0.3, 0.4) is 0 Å². The minimum absolute atomic E-state index is 0.112. The lowest BCUT2D eigenvalue weighted by molar-refractivity contribution is 0.330. The Hall–Kier alpha value is 0.0200. The van der Waals surface area contributed by atoms with E-state index in [0.29, 0.717) is 0 Å². The average molecular weight is 285 g/mol. The molecule has 0 saturated carbocycles. The van der Waals surface area contributed by atoms with Crippen LogP contribution in [-0.2, 0) is 25.3 Å². The molecule has 5 nitrogen and oxygen atoms in total. The van der Waals surface area contributed by atoms with E-state index in [2.05, 4.69) is 8.91 Å². The van der Waals surface area contributed by atoms with Gasteiger partial charge in [-0.3, -0.25) is 4.18 Å². The lowest BCUT2D eigenvalue weighted by Gasteiger charge is -2.29. The predicted octanol–water partition coefficient (Wildman–Crippen LogP) is 1.18. The van der Waals surface area contributed by atoms with Crippen molar-refractivity contribution in [1.82, 2.24) is 4.72 Å². The fourth-order valence-electron chi connectivity index (χ4n) is 1.10. The summed E-state index contributed by atoms with van der Waals surface area (Å²) in [7, 11) is -4.89. The van der Waals surface area contributed by atoms with Gasteiger partial charge in [0.15, 0.2) is 0 Å². The standard InChI is InChI=1S/C10H23NO4S2/c1-7-15-17(13,14)8-10(5,6)11-16(12)9(2,3)4/h11H,7-8H2,1-6H3. The Kier molecular flexibility index (Phi) is 5.78. The van der Waals surface area contributed by atoms with E-state index in [0.717, 1.165) is 0 Å². The van der Waals surface area contributed by atoms with Crippen molar-refractivity contribution in [2.75, 3.05) is 12.4 Å². The molecule has 0 aliphatic heterocycles. The van der Waals surface area contributed by atoms with Gasteiger partial charge >= 0.3 is 0 Å². The second kappa shape index (κ2) is 5.77. The highest BCUT2D eigenvalue weighted by molar-refractivity contribution is 7.87. The molecular weight excluding hydrogens is 262 g/mol. The molecule has 0 spiro atoms. The van der Waals surface area contributed by atoms with Crippen molar-refractivity contribution in [2.24, 2.45) is 0 Å². The molecule has 0 fully saturated rings. The van der Waals surface area contributed by atoms with Crippen molar-refractivity contribution in [3.05, 3.63) is 0 Å². The lowest BCUT2D eigenvalue weighted by atomic mass is 10.1. The van der Waals surface area contributed by atoms with Gasteiger partial charge in [-0.05, 0) is 41.5 Å². The number of hydrogen-bond acceptors (Lipinski definition) is 4. The first-order valence-electron chi connectivity index (χ1n) is 5.46. The first-order valence-corrected chi connectivity index (χ1v) is 8.19. The Balaban J connectivity index is 4.66. The minimum Gasteiger partial charge on any atom is -0.270 e. The van der Waals surface area contributed by atoms with E-state index in [1.54, 1.807) is 20.8 Å². The fourth-order valence-corrected chi connectivity index (χ4v) is 3.47. The van der Waals surface area contributed by atoms with Crippen molar-refractivity contribution < 1.29 is 16.8 Å². The van der Waals surface area contributed by atoms with Gasteiger partial charge in [-0.2, -0.15) is 8.42 Å². The van der Waals surface area contributed by atoms with Crippen LogP contribution in [-0.4, -0.2) is 35.3 Å². The number of hydrogen-bond donors (Lipinski definition) is 1. The van der Waals surface area contributed by atoms with Crippen molar-refractivity contribution in [2.45, 2.75) is 51.8 Å². The monoisotopic (exact) mass is 285 g/mol. The van der Waals surface area contributed by atoms with Crippen LogP contribution in [0.15, 0.2) is 0 Å². The van der Waals surface area contributed by atoms with Gasteiger partial charge in [-0.15, -0.1) is 0 Å². The largest absolute Gasteiger partial charge is 0.270 e. The second-order valence-corrected chi connectivity index (χ2v) is 9.08. The molecule has 0 bridgehead atoms. The molecule has 104 valence electrons. The van der Waals surface area contributed by atoms with Crippen LogP contribution in [0.4, 0.5) is 0 Å². The topological polar surface area (TPSA) is 72.5 Å². The molecule has 7 heteroatoms. The molecule has 0 radical (unpaired) electrons. The molecule has 1 unspecified atom stereocenters. The highest BCUT2D eigenvalue weighted by atomic mass is 32.2. The van der Waals surface area contributed by atoms with Crippen LogP contribution >= 0.6 is 0 Å². The van der Waals surface area contributed by atoms with Gasteiger partial charge < -0.3 is 0 Å². The molecule has 0 aliphatic carbocycles. The summed E-state index contributed by atoms with van der Waals surface area (Å²) < 4.78 is 42.0. The molecule has 0 aromatic heterocycles. The van der Waals surface area contributed by atoms with E-state index in [9.17, 15) is 12.6 Å². The summed E-state index contributed by atoms with van der Waals surface area (Å²) in [5.74, 6) is -0.213. The van der Waals surface area contributed by atoms with Gasteiger partial charge in [0.2, 0.25) is 0 Å². The van der Waals surface area contributed by atoms with Crippen LogP contribution in [0.25, 0.3) is 0 Å². The summed E-state index contributed by atoms with van der Waals surface area (Å²) in [6.45, 7) is 10.6. The van der Waals surface area contributed by atoms with Crippen LogP contribution in [0.2, 0.25) is 0 Å². The smallest absolute Gasteiger partial charge is 0.269 e. The number of rotatable bonds is 6. The van der Waals surface area contributed by atoms with E-state index in [1.807, 2.05) is 20.8 Å². The van der Waals surface area contributed by atoms with Gasteiger partial charge in [-0.1, -0.05) is 0 Å². The highest BCUT2D eigenvalue weighted by Crippen LogP contribution is 2.15. The first kappa shape index (κ1) is 17.0. The Labute approximate surface area is 107 Å². The maximum Gasteiger partial charge on any atom is 0.269 e. The van der Waals surface area contributed by atoms with Gasteiger partial charge in [-0.25, -0.2) is 8.93 Å². The maximum atomic E-state index is 11.9. The molecule has 0 amide bonds. The molecule has 0 saturated heterocycles. The minimum atomic E-state index is -3.58. The van der Waals surface area contributed by atoms with Crippen LogP contribution in [0.5, 0.6) is 0 Å². The van der Waals surface area contributed by atoms with E-state index in [4.69, 9.17) is 0 Å². The summed E-state index contributed by atoms with van der Waals surface area (Å²) in [6, 6.07) is 0. The van der Waals surface area contributed by atoms with Crippen molar-refractivity contribution in [3.63, 3.8) is 0 Å². The van der Waals surface area contributed by atoms with Crippen molar-refractivity contribution in [1.29, 1.82) is 0 Å². The average Bonchev–Trinajstić information content (AvgIpc) is 1.97. The van der Waals surface area contributed by atoms with Gasteiger partial charge in [0.1, 0.15) is 0 Å². The Bertz CT molecular complexity index is 368. The Morgan fingerprint density at radius 3 is 2.00 bits per heavy atom. The summed E-state index contributed by atoms with van der Waals surface area (Å²) >= 11 is 0. The van der Waals surface area contributed by atoms with E-state index in [-0.39, 0.29) is 12.4 Å². The zero-order valence-corrected chi connectivity index (χ0v) is 13.0. The molecule has 0 heterocycles. The molecule has 0 rings (SSSR count). The summed E-state index contributed by atoms with van der Waals surface area (Å²) in [6.07, 6.45) is 0. The number of nitrogens with one attached hydrogen (secondary N) is 1. The van der Waals surface area contributed by atoms with Gasteiger partial charge in [0.25, 0.3) is 10.1 Å². The van der Waals surface area contributed by atoms with Crippen molar-refractivity contribution in [3.8, 4) is 0 Å². The Morgan fingerprint density at radius 2 is 1.65 bits per heavy atom. The summed E-state index contributed by atoms with van der Waals surface area (Å²) in [4.78, 5) is 0.